The van der Waals surface area contributed by atoms with Crippen LogP contribution in [0.15, 0.2) is 18.2 Å². The van der Waals surface area contributed by atoms with E-state index in [-0.39, 0.29) is 0 Å². The first-order valence-electron chi connectivity index (χ1n) is 6.70. The molecule has 1 rings (SSSR count). The largest absolute Gasteiger partial charge is 0.493 e. The average molecular weight is 265 g/mol. The maximum Gasteiger partial charge on any atom is 0.320 e. The monoisotopic (exact) mass is 265 g/mol. The number of aliphatic carboxylic acids is 1. The minimum absolute atomic E-state index is 0.401. The third kappa shape index (κ3) is 5.30. The first-order chi connectivity index (χ1) is 9.04. The summed E-state index contributed by atoms with van der Waals surface area (Å²) in [7, 11) is 0. The van der Waals surface area contributed by atoms with Crippen LogP contribution < -0.4 is 10.1 Å². The number of ether oxygens (including phenoxy) is 1. The summed E-state index contributed by atoms with van der Waals surface area (Å²) in [6.45, 7) is 7.12. The molecule has 0 radical (unpaired) electrons. The Morgan fingerprint density at radius 2 is 2.16 bits per heavy atom. The van der Waals surface area contributed by atoms with Gasteiger partial charge in [0.1, 0.15) is 11.8 Å². The zero-order valence-corrected chi connectivity index (χ0v) is 11.9. The number of carbonyl (C=O) groups is 1. The molecule has 0 fully saturated rings. The van der Waals surface area contributed by atoms with Gasteiger partial charge >= 0.3 is 5.97 Å². The van der Waals surface area contributed by atoms with Gasteiger partial charge in [0.25, 0.3) is 0 Å². The van der Waals surface area contributed by atoms with Crippen molar-refractivity contribution in [3.63, 3.8) is 0 Å². The van der Waals surface area contributed by atoms with E-state index in [2.05, 4.69) is 5.32 Å². The number of nitrogens with one attached hydrogen (secondary N) is 1. The number of rotatable bonds is 8. The van der Waals surface area contributed by atoms with Crippen LogP contribution in [0.3, 0.4) is 0 Å². The van der Waals surface area contributed by atoms with Crippen LogP contribution >= 0.6 is 0 Å². The van der Waals surface area contributed by atoms with Gasteiger partial charge in [-0.1, -0.05) is 19.1 Å². The van der Waals surface area contributed by atoms with Crippen molar-refractivity contribution in [3.05, 3.63) is 29.3 Å². The van der Waals surface area contributed by atoms with Crippen LogP contribution in [0, 0.1) is 13.8 Å². The summed E-state index contributed by atoms with van der Waals surface area (Å²) in [4.78, 5) is 11.1. The fourth-order valence-electron chi connectivity index (χ4n) is 1.78. The van der Waals surface area contributed by atoms with Gasteiger partial charge < -0.3 is 15.2 Å². The molecule has 0 aliphatic carbocycles. The molecule has 0 saturated carbocycles. The summed E-state index contributed by atoms with van der Waals surface area (Å²) < 4.78 is 5.67. The zero-order chi connectivity index (χ0) is 14.3. The van der Waals surface area contributed by atoms with E-state index in [1.54, 1.807) is 0 Å². The van der Waals surface area contributed by atoms with E-state index in [9.17, 15) is 4.79 Å². The molecule has 4 nitrogen and oxygen atoms in total. The van der Waals surface area contributed by atoms with E-state index in [0.29, 0.717) is 19.6 Å². The molecule has 1 aromatic rings. The van der Waals surface area contributed by atoms with Crippen molar-refractivity contribution in [1.29, 1.82) is 0 Å². The lowest BCUT2D eigenvalue weighted by Crippen LogP contribution is -2.38. The Labute approximate surface area is 114 Å². The van der Waals surface area contributed by atoms with Crippen LogP contribution in [-0.4, -0.2) is 30.3 Å². The predicted molar refractivity (Wildman–Crippen MR) is 75.7 cm³/mol. The molecule has 4 heteroatoms. The smallest absolute Gasteiger partial charge is 0.320 e. The number of benzene rings is 1. The van der Waals surface area contributed by atoms with E-state index in [0.717, 1.165) is 23.3 Å². The number of aryl methyl sites for hydroxylation is 2. The van der Waals surface area contributed by atoms with Gasteiger partial charge in [-0.15, -0.1) is 0 Å². The van der Waals surface area contributed by atoms with Crippen molar-refractivity contribution >= 4 is 5.97 Å². The van der Waals surface area contributed by atoms with Crippen LogP contribution in [0.4, 0.5) is 0 Å². The second kappa shape index (κ2) is 7.79. The van der Waals surface area contributed by atoms with Gasteiger partial charge in [-0.25, -0.2) is 0 Å². The minimum Gasteiger partial charge on any atom is -0.493 e. The van der Waals surface area contributed by atoms with Gasteiger partial charge in [0, 0.05) is 6.42 Å². The molecule has 0 heterocycles. The predicted octanol–water partition coefficient (Wildman–Crippen LogP) is 2.53. The van der Waals surface area contributed by atoms with E-state index < -0.39 is 12.0 Å². The van der Waals surface area contributed by atoms with Crippen LogP contribution in [0.2, 0.25) is 0 Å². The van der Waals surface area contributed by atoms with Gasteiger partial charge in [0.2, 0.25) is 0 Å². The number of hydrogen-bond donors (Lipinski definition) is 2. The van der Waals surface area contributed by atoms with Crippen LogP contribution in [0.1, 0.15) is 30.9 Å². The molecule has 1 unspecified atom stereocenters. The molecule has 0 spiro atoms. The Bertz CT molecular complexity index is 418. The second-order valence-corrected chi connectivity index (χ2v) is 4.75. The van der Waals surface area contributed by atoms with Gasteiger partial charge in [-0.2, -0.15) is 0 Å². The summed E-state index contributed by atoms with van der Waals surface area (Å²) >= 11 is 0. The molecule has 0 saturated heterocycles. The third-order valence-electron chi connectivity index (χ3n) is 2.95. The SMILES string of the molecule is CCCNC(CCOc1cc(C)ccc1C)C(=O)O. The highest BCUT2D eigenvalue weighted by atomic mass is 16.5. The summed E-state index contributed by atoms with van der Waals surface area (Å²) in [6.07, 6.45) is 1.38. The number of hydrogen-bond acceptors (Lipinski definition) is 3. The van der Waals surface area contributed by atoms with Crippen molar-refractivity contribution in [2.24, 2.45) is 0 Å². The lowest BCUT2D eigenvalue weighted by molar-refractivity contribution is -0.139. The Morgan fingerprint density at radius 1 is 1.42 bits per heavy atom. The van der Waals surface area contributed by atoms with Crippen LogP contribution in [0.25, 0.3) is 0 Å². The molecular formula is C15H23NO3. The van der Waals surface area contributed by atoms with Gasteiger partial charge in [0.05, 0.1) is 6.61 Å². The van der Waals surface area contributed by atoms with Crippen molar-refractivity contribution in [2.75, 3.05) is 13.2 Å². The standard InChI is InChI=1S/C15H23NO3/c1-4-8-16-13(15(17)18)7-9-19-14-10-11(2)5-6-12(14)3/h5-6,10,13,16H,4,7-9H2,1-3H3,(H,17,18). The molecule has 2 N–H and O–H groups in total. The maximum absolute atomic E-state index is 11.1. The average Bonchev–Trinajstić information content (AvgIpc) is 2.37. The summed E-state index contributed by atoms with van der Waals surface area (Å²) in [5.41, 5.74) is 2.21. The summed E-state index contributed by atoms with van der Waals surface area (Å²) in [5.74, 6) is 0.0117. The Hall–Kier alpha value is -1.55. The molecule has 1 atom stereocenters. The van der Waals surface area contributed by atoms with Crippen molar-refractivity contribution in [2.45, 2.75) is 39.7 Å². The van der Waals surface area contributed by atoms with E-state index >= 15 is 0 Å². The maximum atomic E-state index is 11.1. The van der Waals surface area contributed by atoms with E-state index in [1.165, 1.54) is 0 Å². The Balaban J connectivity index is 2.47. The fraction of sp³-hybridized carbons (Fsp3) is 0.533. The fourth-order valence-corrected chi connectivity index (χ4v) is 1.78. The number of carboxylic acids is 1. The Morgan fingerprint density at radius 3 is 2.79 bits per heavy atom. The third-order valence-corrected chi connectivity index (χ3v) is 2.95. The topological polar surface area (TPSA) is 58.6 Å². The highest BCUT2D eigenvalue weighted by Gasteiger charge is 2.16. The Kier molecular flexibility index (Phi) is 6.36. The van der Waals surface area contributed by atoms with Gasteiger partial charge in [-0.05, 0) is 44.0 Å². The molecule has 19 heavy (non-hydrogen) atoms. The van der Waals surface area contributed by atoms with E-state index in [1.807, 2.05) is 39.0 Å². The van der Waals surface area contributed by atoms with Gasteiger partial charge in [0.15, 0.2) is 0 Å². The first kappa shape index (κ1) is 15.5. The first-order valence-corrected chi connectivity index (χ1v) is 6.70. The number of carboxylic acid groups (broad SMARTS) is 1. The quantitative estimate of drug-likeness (QED) is 0.758. The van der Waals surface area contributed by atoms with Crippen molar-refractivity contribution in [3.8, 4) is 5.75 Å². The molecule has 0 aliphatic heterocycles. The molecule has 0 aromatic heterocycles. The highest BCUT2D eigenvalue weighted by molar-refractivity contribution is 5.73. The van der Waals surface area contributed by atoms with Crippen LogP contribution in [0.5, 0.6) is 5.75 Å². The molecule has 0 bridgehead atoms. The molecular weight excluding hydrogens is 242 g/mol. The van der Waals surface area contributed by atoms with E-state index in [4.69, 9.17) is 9.84 Å². The molecule has 106 valence electrons. The summed E-state index contributed by atoms with van der Waals surface area (Å²) in [6, 6.07) is 5.48. The lowest BCUT2D eigenvalue weighted by atomic mass is 10.1. The van der Waals surface area contributed by atoms with Crippen molar-refractivity contribution < 1.29 is 14.6 Å². The second-order valence-electron chi connectivity index (χ2n) is 4.75. The lowest BCUT2D eigenvalue weighted by Gasteiger charge is -2.15. The van der Waals surface area contributed by atoms with Crippen LogP contribution in [-0.2, 0) is 4.79 Å². The zero-order valence-electron chi connectivity index (χ0n) is 11.9. The van der Waals surface area contributed by atoms with Crippen molar-refractivity contribution in [1.82, 2.24) is 5.32 Å². The summed E-state index contributed by atoms with van der Waals surface area (Å²) in [5, 5.41) is 12.1. The normalized spacial score (nSPS) is 12.2. The molecule has 0 aliphatic rings. The molecule has 0 amide bonds. The molecule has 1 aromatic carbocycles. The minimum atomic E-state index is -0.821. The van der Waals surface area contributed by atoms with Gasteiger partial charge in [-0.3, -0.25) is 4.79 Å². The highest BCUT2D eigenvalue weighted by Crippen LogP contribution is 2.19.